The number of ether oxygens (including phenoxy) is 1. The molecule has 2 rings (SSSR count). The van der Waals surface area contributed by atoms with Crippen molar-refractivity contribution in [1.29, 1.82) is 0 Å². The molecule has 0 spiro atoms. The Morgan fingerprint density at radius 1 is 1.50 bits per heavy atom. The molecule has 0 aliphatic carbocycles. The lowest BCUT2D eigenvalue weighted by atomic mass is 10.2. The van der Waals surface area contributed by atoms with Gasteiger partial charge in [-0.15, -0.1) is 0 Å². The number of rotatable bonds is 6. The van der Waals surface area contributed by atoms with Gasteiger partial charge in [0.15, 0.2) is 6.29 Å². The number of aromatic nitrogens is 2. The van der Waals surface area contributed by atoms with Gasteiger partial charge in [-0.25, -0.2) is 4.98 Å². The van der Waals surface area contributed by atoms with Gasteiger partial charge in [-0.1, -0.05) is 6.07 Å². The number of methoxy groups -OCH3 is 1. The van der Waals surface area contributed by atoms with Crippen molar-refractivity contribution < 1.29 is 9.53 Å². The topological polar surface area (TPSA) is 72.7 Å². The van der Waals surface area contributed by atoms with Gasteiger partial charge in [0.05, 0.1) is 0 Å². The molecule has 106 valence electrons. The monoisotopic (exact) mass is 275 g/mol. The first kappa shape index (κ1) is 14.2. The zero-order chi connectivity index (χ0) is 14.5. The van der Waals surface area contributed by atoms with Crippen LogP contribution in [0, 0.1) is 6.92 Å². The maximum Gasteiger partial charge on any atom is 0.270 e. The first-order valence-electron chi connectivity index (χ1n) is 6.39. The van der Waals surface area contributed by atoms with Crippen molar-refractivity contribution in [1.82, 2.24) is 9.38 Å². The normalized spacial score (nSPS) is 10.7. The highest BCUT2D eigenvalue weighted by Gasteiger charge is 2.12. The highest BCUT2D eigenvalue weighted by atomic mass is 16.5. The molecule has 0 aliphatic heterocycles. The average Bonchev–Trinajstić information content (AvgIpc) is 2.45. The van der Waals surface area contributed by atoms with Crippen molar-refractivity contribution in [2.75, 3.05) is 25.6 Å². The number of carbonyl (C=O) groups excluding carboxylic acids is 1. The van der Waals surface area contributed by atoms with E-state index in [0.717, 1.165) is 12.0 Å². The standard InChI is InChI=1S/C14H17N3O3/c1-10-5-3-7-17-13(10)16-12(11(9-18)14(17)19)15-6-4-8-20-2/h3,5,7,9,15H,4,6,8H2,1-2H3. The predicted octanol–water partition coefficient (Wildman–Crippen LogP) is 1.26. The second-order valence-corrected chi connectivity index (χ2v) is 4.46. The third kappa shape index (κ3) is 2.70. The Labute approximate surface area is 116 Å². The summed E-state index contributed by atoms with van der Waals surface area (Å²) in [6.45, 7) is 3.06. The molecule has 6 nitrogen and oxygen atoms in total. The van der Waals surface area contributed by atoms with Crippen LogP contribution in [0.3, 0.4) is 0 Å². The molecule has 1 N–H and O–H groups in total. The molecule has 0 saturated heterocycles. The van der Waals surface area contributed by atoms with Gasteiger partial charge in [0.1, 0.15) is 17.0 Å². The predicted molar refractivity (Wildman–Crippen MR) is 76.6 cm³/mol. The van der Waals surface area contributed by atoms with Crippen LogP contribution in [0.2, 0.25) is 0 Å². The highest BCUT2D eigenvalue weighted by Crippen LogP contribution is 2.11. The summed E-state index contributed by atoms with van der Waals surface area (Å²) in [7, 11) is 1.63. The molecule has 0 amide bonds. The molecule has 0 saturated carbocycles. The van der Waals surface area contributed by atoms with E-state index in [-0.39, 0.29) is 11.1 Å². The lowest BCUT2D eigenvalue weighted by Gasteiger charge is -2.10. The largest absolute Gasteiger partial charge is 0.385 e. The minimum Gasteiger partial charge on any atom is -0.385 e. The van der Waals surface area contributed by atoms with Crippen molar-refractivity contribution >= 4 is 17.8 Å². The molecule has 2 aromatic heterocycles. The number of pyridine rings is 1. The number of fused-ring (bicyclic) bond motifs is 1. The Hall–Kier alpha value is -2.21. The lowest BCUT2D eigenvalue weighted by molar-refractivity contribution is 0.112. The number of aldehydes is 1. The molecule has 6 heteroatoms. The quantitative estimate of drug-likeness (QED) is 0.635. The zero-order valence-electron chi connectivity index (χ0n) is 11.5. The van der Waals surface area contributed by atoms with Gasteiger partial charge in [-0.05, 0) is 25.0 Å². The molecule has 0 radical (unpaired) electrons. The van der Waals surface area contributed by atoms with Crippen molar-refractivity contribution in [2.24, 2.45) is 0 Å². The summed E-state index contributed by atoms with van der Waals surface area (Å²) in [5.41, 5.74) is 1.12. The number of nitrogens with zero attached hydrogens (tertiary/aromatic N) is 2. The number of carbonyl (C=O) groups is 1. The molecule has 2 aromatic rings. The number of nitrogens with one attached hydrogen (secondary N) is 1. The fraction of sp³-hybridized carbons (Fsp3) is 0.357. The Balaban J connectivity index is 2.45. The average molecular weight is 275 g/mol. The van der Waals surface area contributed by atoms with Crippen molar-refractivity contribution in [3.8, 4) is 0 Å². The summed E-state index contributed by atoms with van der Waals surface area (Å²) < 4.78 is 6.34. The van der Waals surface area contributed by atoms with Gasteiger partial charge in [-0.2, -0.15) is 0 Å². The first-order valence-corrected chi connectivity index (χ1v) is 6.39. The van der Waals surface area contributed by atoms with Gasteiger partial charge in [0.25, 0.3) is 5.56 Å². The van der Waals surface area contributed by atoms with Crippen LogP contribution in [0.4, 0.5) is 5.82 Å². The zero-order valence-corrected chi connectivity index (χ0v) is 11.5. The number of hydrogen-bond donors (Lipinski definition) is 1. The van der Waals surface area contributed by atoms with Gasteiger partial charge in [-0.3, -0.25) is 14.0 Å². The Bertz CT molecular complexity index is 679. The van der Waals surface area contributed by atoms with E-state index in [4.69, 9.17) is 4.74 Å². The number of hydrogen-bond acceptors (Lipinski definition) is 5. The fourth-order valence-electron chi connectivity index (χ4n) is 1.98. The third-order valence-electron chi connectivity index (χ3n) is 3.02. The van der Waals surface area contributed by atoms with E-state index >= 15 is 0 Å². The maximum absolute atomic E-state index is 12.2. The fourth-order valence-corrected chi connectivity index (χ4v) is 1.98. The van der Waals surface area contributed by atoms with Crippen molar-refractivity contribution in [2.45, 2.75) is 13.3 Å². The minimum absolute atomic E-state index is 0.0468. The van der Waals surface area contributed by atoms with Crippen LogP contribution in [-0.4, -0.2) is 35.9 Å². The molecular weight excluding hydrogens is 258 g/mol. The molecule has 0 atom stereocenters. The van der Waals surface area contributed by atoms with Crippen LogP contribution in [0.1, 0.15) is 22.3 Å². The summed E-state index contributed by atoms with van der Waals surface area (Å²) in [5.74, 6) is 0.329. The number of anilines is 1. The molecule has 0 fully saturated rings. The molecule has 0 unspecified atom stereocenters. The second-order valence-electron chi connectivity index (χ2n) is 4.46. The van der Waals surface area contributed by atoms with Crippen LogP contribution in [0.5, 0.6) is 0 Å². The van der Waals surface area contributed by atoms with E-state index in [1.54, 1.807) is 19.4 Å². The van der Waals surface area contributed by atoms with Gasteiger partial charge >= 0.3 is 0 Å². The van der Waals surface area contributed by atoms with Gasteiger partial charge < -0.3 is 10.1 Å². The van der Waals surface area contributed by atoms with Crippen LogP contribution in [0.25, 0.3) is 5.65 Å². The first-order chi connectivity index (χ1) is 9.69. The van der Waals surface area contributed by atoms with E-state index in [0.29, 0.717) is 30.9 Å². The second kappa shape index (κ2) is 6.29. The van der Waals surface area contributed by atoms with Crippen molar-refractivity contribution in [3.05, 3.63) is 39.8 Å². The van der Waals surface area contributed by atoms with Gasteiger partial charge in [0, 0.05) is 26.5 Å². The maximum atomic E-state index is 12.2. The molecule has 20 heavy (non-hydrogen) atoms. The third-order valence-corrected chi connectivity index (χ3v) is 3.02. The smallest absolute Gasteiger partial charge is 0.270 e. The summed E-state index contributed by atoms with van der Waals surface area (Å²) in [4.78, 5) is 27.8. The van der Waals surface area contributed by atoms with E-state index in [2.05, 4.69) is 10.3 Å². The van der Waals surface area contributed by atoms with Crippen LogP contribution < -0.4 is 10.9 Å². The van der Waals surface area contributed by atoms with E-state index in [9.17, 15) is 9.59 Å². The van der Waals surface area contributed by atoms with Crippen LogP contribution >= 0.6 is 0 Å². The SMILES string of the molecule is COCCCNc1nc2c(C)cccn2c(=O)c1C=O. The molecule has 0 aromatic carbocycles. The van der Waals surface area contributed by atoms with Crippen molar-refractivity contribution in [3.63, 3.8) is 0 Å². The summed E-state index contributed by atoms with van der Waals surface area (Å²) in [6.07, 6.45) is 2.92. The Morgan fingerprint density at radius 3 is 3.00 bits per heavy atom. The van der Waals surface area contributed by atoms with E-state index in [1.807, 2.05) is 13.0 Å². The Morgan fingerprint density at radius 2 is 2.30 bits per heavy atom. The lowest BCUT2D eigenvalue weighted by Crippen LogP contribution is -2.23. The highest BCUT2D eigenvalue weighted by molar-refractivity contribution is 5.82. The van der Waals surface area contributed by atoms with Crippen LogP contribution in [-0.2, 0) is 4.74 Å². The summed E-state index contributed by atoms with van der Waals surface area (Å²) >= 11 is 0. The molecule has 0 aliphatic rings. The summed E-state index contributed by atoms with van der Waals surface area (Å²) in [6, 6.07) is 3.63. The van der Waals surface area contributed by atoms with E-state index in [1.165, 1.54) is 4.40 Å². The minimum atomic E-state index is -0.358. The molecular formula is C14H17N3O3. The number of aryl methyl sites for hydroxylation is 1. The summed E-state index contributed by atoms with van der Waals surface area (Å²) in [5, 5.41) is 3.02. The Kier molecular flexibility index (Phi) is 4.47. The van der Waals surface area contributed by atoms with Gasteiger partial charge in [0.2, 0.25) is 0 Å². The molecule has 0 bridgehead atoms. The van der Waals surface area contributed by atoms with E-state index < -0.39 is 0 Å². The van der Waals surface area contributed by atoms with Crippen LogP contribution in [0.15, 0.2) is 23.1 Å². The molecule has 2 heterocycles.